The Kier molecular flexibility index (Phi) is 13.1. The van der Waals surface area contributed by atoms with E-state index in [1.54, 1.807) is 30.3 Å². The minimum Gasteiger partial charge on any atom is -0.474 e. The number of rotatable bonds is 15. The van der Waals surface area contributed by atoms with E-state index in [4.69, 9.17) is 18.6 Å². The topological polar surface area (TPSA) is 137 Å². The van der Waals surface area contributed by atoms with Gasteiger partial charge in [0.1, 0.15) is 23.0 Å². The van der Waals surface area contributed by atoms with Crippen molar-refractivity contribution in [1.29, 1.82) is 0 Å². The van der Waals surface area contributed by atoms with E-state index in [1.807, 2.05) is 0 Å². The number of carboxylic acid groups (broad SMARTS) is 1. The maximum absolute atomic E-state index is 15.1. The van der Waals surface area contributed by atoms with Gasteiger partial charge in [-0.3, -0.25) is 0 Å². The Labute approximate surface area is 302 Å². The van der Waals surface area contributed by atoms with E-state index < -0.39 is 101 Å². The molecule has 0 aliphatic carbocycles. The Bertz CT molecular complexity index is 1750. The summed E-state index contributed by atoms with van der Waals surface area (Å²) in [6.45, 7) is 14.9. The molecule has 0 aliphatic rings. The first-order valence-electron chi connectivity index (χ1n) is 16.3. The van der Waals surface area contributed by atoms with Crippen molar-refractivity contribution in [3.05, 3.63) is 84.3 Å². The van der Waals surface area contributed by atoms with Crippen LogP contribution in [-0.2, 0) is 34.3 Å². The summed E-state index contributed by atoms with van der Waals surface area (Å²) in [7, 11) is 0. The van der Waals surface area contributed by atoms with Gasteiger partial charge in [0.25, 0.3) is 11.8 Å². The van der Waals surface area contributed by atoms with Crippen molar-refractivity contribution in [2.75, 3.05) is 0 Å². The minimum atomic E-state index is -5.16. The molecule has 2 atom stereocenters. The SMILES string of the molecule is C=CCC[C@@](OCc1ccccc1)(c1nnc(-c2nc(O[C@H](C)CC=C)c(C(F)(F)F)cc2CC(C)(C)N(C(=O)O)C(=O)OC(C)(C)C)o1)C(F)(F)F. The molecule has 2 heterocycles. The van der Waals surface area contributed by atoms with E-state index in [-0.39, 0.29) is 17.7 Å². The van der Waals surface area contributed by atoms with Crippen molar-refractivity contribution in [2.45, 2.75) is 109 Å². The zero-order chi connectivity index (χ0) is 40.0. The van der Waals surface area contributed by atoms with Crippen LogP contribution in [0.2, 0.25) is 0 Å². The highest BCUT2D eigenvalue weighted by atomic mass is 19.4. The lowest BCUT2D eigenvalue weighted by Gasteiger charge is -2.36. The van der Waals surface area contributed by atoms with Gasteiger partial charge in [-0.25, -0.2) is 19.5 Å². The number of benzene rings is 1. The van der Waals surface area contributed by atoms with Crippen molar-refractivity contribution in [3.8, 4) is 17.5 Å². The zero-order valence-corrected chi connectivity index (χ0v) is 30.1. The number of amides is 2. The molecule has 53 heavy (non-hydrogen) atoms. The Hall–Kier alpha value is -4.93. The number of nitrogens with zero attached hydrogens (tertiary/aromatic N) is 4. The number of pyridine rings is 1. The largest absolute Gasteiger partial charge is 0.474 e. The third-order valence-corrected chi connectivity index (χ3v) is 7.64. The summed E-state index contributed by atoms with van der Waals surface area (Å²) in [5, 5.41) is 17.5. The molecule has 0 radical (unpaired) electrons. The van der Waals surface area contributed by atoms with Gasteiger partial charge in [-0.15, -0.1) is 23.4 Å². The predicted octanol–water partition coefficient (Wildman–Crippen LogP) is 9.67. The summed E-state index contributed by atoms with van der Waals surface area (Å²) < 4.78 is 111. The van der Waals surface area contributed by atoms with Crippen LogP contribution in [0.3, 0.4) is 0 Å². The molecule has 290 valence electrons. The van der Waals surface area contributed by atoms with Gasteiger partial charge in [0.2, 0.25) is 11.5 Å². The van der Waals surface area contributed by atoms with E-state index in [9.17, 15) is 27.9 Å². The molecule has 0 spiro atoms. The predicted molar refractivity (Wildman–Crippen MR) is 180 cm³/mol. The molecule has 2 aromatic heterocycles. The van der Waals surface area contributed by atoms with Gasteiger partial charge in [0.15, 0.2) is 0 Å². The molecular formula is C36H42F6N4O7. The number of halogens is 6. The lowest BCUT2D eigenvalue weighted by Crippen LogP contribution is -2.53. The number of allylic oxidation sites excluding steroid dienone is 1. The Morgan fingerprint density at radius 3 is 2.17 bits per heavy atom. The lowest BCUT2D eigenvalue weighted by atomic mass is 9.91. The van der Waals surface area contributed by atoms with Crippen LogP contribution in [0, 0.1) is 0 Å². The summed E-state index contributed by atoms with van der Waals surface area (Å²) in [6, 6.07) is 8.54. The van der Waals surface area contributed by atoms with Crippen molar-refractivity contribution in [2.24, 2.45) is 0 Å². The van der Waals surface area contributed by atoms with Crippen LogP contribution in [0.5, 0.6) is 5.88 Å². The highest BCUT2D eigenvalue weighted by Gasteiger charge is 2.61. The van der Waals surface area contributed by atoms with Crippen LogP contribution >= 0.6 is 0 Å². The minimum absolute atomic E-state index is 0.0907. The molecule has 17 heteroatoms. The van der Waals surface area contributed by atoms with Gasteiger partial charge >= 0.3 is 24.5 Å². The fraction of sp³-hybridized carbons (Fsp3) is 0.472. The number of ether oxygens (including phenoxy) is 3. The molecule has 3 aromatic rings. The van der Waals surface area contributed by atoms with Gasteiger partial charge in [-0.05, 0) is 78.0 Å². The van der Waals surface area contributed by atoms with E-state index in [2.05, 4.69) is 28.3 Å². The van der Waals surface area contributed by atoms with Gasteiger partial charge in [0.05, 0.1) is 12.1 Å². The van der Waals surface area contributed by atoms with Crippen LogP contribution in [0.15, 0.2) is 66.1 Å². The van der Waals surface area contributed by atoms with Gasteiger partial charge in [-0.1, -0.05) is 42.5 Å². The van der Waals surface area contributed by atoms with E-state index in [0.717, 1.165) is 0 Å². The van der Waals surface area contributed by atoms with Crippen LogP contribution in [0.4, 0.5) is 35.9 Å². The summed E-state index contributed by atoms with van der Waals surface area (Å²) in [4.78, 5) is 29.7. The first-order chi connectivity index (χ1) is 24.5. The zero-order valence-electron chi connectivity index (χ0n) is 30.1. The van der Waals surface area contributed by atoms with Crippen molar-refractivity contribution in [3.63, 3.8) is 0 Å². The molecular weight excluding hydrogens is 714 g/mol. The van der Waals surface area contributed by atoms with E-state index in [0.29, 0.717) is 11.6 Å². The Morgan fingerprint density at radius 2 is 1.64 bits per heavy atom. The normalized spacial score (nSPS) is 14.2. The van der Waals surface area contributed by atoms with Gasteiger partial charge in [0, 0.05) is 6.42 Å². The van der Waals surface area contributed by atoms with Crippen LogP contribution in [-0.4, -0.2) is 60.8 Å². The molecule has 1 N–H and O–H groups in total. The number of carbonyl (C=O) groups is 2. The van der Waals surface area contributed by atoms with Crippen LogP contribution in [0.1, 0.15) is 83.4 Å². The first-order valence-corrected chi connectivity index (χ1v) is 16.3. The standard InChI is InChI=1S/C36H42F6N4O7/c1-9-11-18-34(36(40,41)42,50-21-23-16-13-12-14-17-23)29-45-44-28(52-29)26-24(19-25(35(37,38)39)27(43-26)51-22(3)15-10-2)20-33(7,8)46(30(47)48)31(49)53-32(4,5)6/h9-10,12-14,16-17,19,22H,1-2,11,15,18,20-21H2,3-8H3,(H,47,48)/t22-,34-/m1/s1. The maximum Gasteiger partial charge on any atom is 0.426 e. The summed E-state index contributed by atoms with van der Waals surface area (Å²) in [6.07, 6.45) is -13.2. The third kappa shape index (κ3) is 10.6. The molecule has 3 rings (SSSR count). The lowest BCUT2D eigenvalue weighted by molar-refractivity contribution is -0.299. The smallest absolute Gasteiger partial charge is 0.426 e. The van der Waals surface area contributed by atoms with Crippen molar-refractivity contribution < 1.29 is 59.7 Å². The molecule has 0 unspecified atom stereocenters. The second kappa shape index (κ2) is 16.4. The summed E-state index contributed by atoms with van der Waals surface area (Å²) in [5.74, 6) is -2.82. The average Bonchev–Trinajstić information content (AvgIpc) is 3.50. The fourth-order valence-electron chi connectivity index (χ4n) is 5.21. The molecule has 0 aliphatic heterocycles. The molecule has 2 amide bonds. The van der Waals surface area contributed by atoms with Gasteiger partial charge in [-0.2, -0.15) is 26.3 Å². The third-order valence-electron chi connectivity index (χ3n) is 7.64. The first kappa shape index (κ1) is 42.5. The second-order valence-electron chi connectivity index (χ2n) is 13.7. The molecule has 0 fully saturated rings. The number of hydrogen-bond acceptors (Lipinski definition) is 9. The monoisotopic (exact) mass is 756 g/mol. The van der Waals surface area contributed by atoms with Crippen molar-refractivity contribution in [1.82, 2.24) is 20.1 Å². The summed E-state index contributed by atoms with van der Waals surface area (Å²) in [5.41, 5.74) is -8.22. The number of aromatic nitrogens is 3. The van der Waals surface area contributed by atoms with Crippen LogP contribution < -0.4 is 4.74 Å². The van der Waals surface area contributed by atoms with Gasteiger partial charge < -0.3 is 23.7 Å². The molecule has 0 saturated heterocycles. The average molecular weight is 757 g/mol. The second-order valence-corrected chi connectivity index (χ2v) is 13.7. The maximum atomic E-state index is 15.1. The quantitative estimate of drug-likeness (QED) is 0.118. The van der Waals surface area contributed by atoms with E-state index >= 15 is 13.2 Å². The van der Waals surface area contributed by atoms with Crippen molar-refractivity contribution >= 4 is 12.2 Å². The Morgan fingerprint density at radius 1 is 1.00 bits per heavy atom. The molecule has 0 bridgehead atoms. The Balaban J connectivity index is 2.31. The highest BCUT2D eigenvalue weighted by Crippen LogP contribution is 2.47. The number of hydrogen-bond donors (Lipinski definition) is 1. The molecule has 11 nitrogen and oxygen atoms in total. The fourth-order valence-corrected chi connectivity index (χ4v) is 5.21. The van der Waals surface area contributed by atoms with E-state index in [1.165, 1.54) is 53.7 Å². The number of imide groups is 1. The summed E-state index contributed by atoms with van der Waals surface area (Å²) >= 11 is 0. The molecule has 1 aromatic carbocycles. The molecule has 0 saturated carbocycles. The number of carbonyl (C=O) groups excluding carboxylic acids is 1. The number of alkyl halides is 6. The highest BCUT2D eigenvalue weighted by molar-refractivity contribution is 5.88. The van der Waals surface area contributed by atoms with Crippen LogP contribution in [0.25, 0.3) is 11.6 Å².